The summed E-state index contributed by atoms with van der Waals surface area (Å²) in [5.74, 6) is 0. The molecule has 29 heavy (non-hydrogen) atoms. The number of hydrogen-bond donors (Lipinski definition) is 0. The third kappa shape index (κ3) is 2.44. The van der Waals surface area contributed by atoms with Crippen LogP contribution in [0.3, 0.4) is 0 Å². The maximum absolute atomic E-state index is 7.58. The van der Waals surface area contributed by atoms with Crippen LogP contribution >= 0.6 is 11.1 Å². The van der Waals surface area contributed by atoms with Crippen molar-refractivity contribution in [2.45, 2.75) is 19.4 Å². The van der Waals surface area contributed by atoms with Crippen molar-refractivity contribution in [3.63, 3.8) is 0 Å². The molecule has 0 spiro atoms. The smallest absolute Gasteiger partial charge is 0.155 e. The fourth-order valence-corrected chi connectivity index (χ4v) is 9.09. The lowest BCUT2D eigenvalue weighted by Gasteiger charge is -2.26. The fraction of sp³-hybridized carbons (Fsp3) is 0.111. The second-order valence-corrected chi connectivity index (χ2v) is 13.7. The lowest BCUT2D eigenvalue weighted by atomic mass is 10.1. The number of benzene rings is 4. The highest BCUT2D eigenvalue weighted by atomic mass is 35.6. The largest absolute Gasteiger partial charge is 0.214 e. The molecule has 0 N–H and O–H groups in total. The Bertz CT molecular complexity index is 1190. The van der Waals surface area contributed by atoms with Gasteiger partial charge in [0.05, 0.1) is 0 Å². The summed E-state index contributed by atoms with van der Waals surface area (Å²) in [7, 11) is -2.38. The third-order valence-corrected chi connectivity index (χ3v) is 10.9. The quantitative estimate of drug-likeness (QED) is 0.252. The molecule has 6 rings (SSSR count). The number of halogens is 1. The Morgan fingerprint density at radius 2 is 0.966 bits per heavy atom. The molecule has 0 atom stereocenters. The van der Waals surface area contributed by atoms with E-state index in [9.17, 15) is 0 Å². The summed E-state index contributed by atoms with van der Waals surface area (Å²) in [6, 6.07) is 31.0. The number of fused-ring (bicyclic) bond motifs is 6. The molecule has 0 heterocycles. The maximum Gasteiger partial charge on any atom is 0.214 e. The van der Waals surface area contributed by atoms with E-state index in [1.165, 1.54) is 54.9 Å². The molecule has 0 saturated carbocycles. The van der Waals surface area contributed by atoms with Crippen LogP contribution in [-0.2, 0) is 12.8 Å². The van der Waals surface area contributed by atoms with Crippen LogP contribution < -0.4 is 10.4 Å². The lowest BCUT2D eigenvalue weighted by molar-refractivity contribution is 1.27. The van der Waals surface area contributed by atoms with Crippen LogP contribution in [0.25, 0.3) is 22.3 Å². The van der Waals surface area contributed by atoms with Crippen LogP contribution in [0.2, 0.25) is 6.55 Å². The molecule has 0 aromatic heterocycles. The summed E-state index contributed by atoms with van der Waals surface area (Å²) >= 11 is 7.58. The van der Waals surface area contributed by atoms with E-state index in [1.807, 2.05) is 0 Å². The van der Waals surface area contributed by atoms with Crippen molar-refractivity contribution in [3.8, 4) is 22.3 Å². The minimum atomic E-state index is -2.38. The molecule has 2 heteroatoms. The van der Waals surface area contributed by atoms with Gasteiger partial charge in [0.1, 0.15) is 0 Å². The average Bonchev–Trinajstić information content (AvgIpc) is 3.31. The Labute approximate surface area is 177 Å². The Morgan fingerprint density at radius 3 is 1.45 bits per heavy atom. The van der Waals surface area contributed by atoms with E-state index in [-0.39, 0.29) is 0 Å². The second-order valence-electron chi connectivity index (χ2n) is 8.33. The molecule has 0 radical (unpaired) electrons. The van der Waals surface area contributed by atoms with Crippen LogP contribution in [0, 0.1) is 0 Å². The molecular formula is C27H21ClSi. The Balaban J connectivity index is 1.53. The zero-order chi connectivity index (χ0) is 19.6. The highest BCUT2D eigenvalue weighted by Gasteiger charge is 2.38. The lowest BCUT2D eigenvalue weighted by Crippen LogP contribution is -2.53. The normalized spacial score (nSPS) is 13.6. The SMILES string of the molecule is C[Si](Cl)(c1cccc2c1Cc1ccccc1-2)c1cccc2c1Cc1ccccc1-2. The third-order valence-electron chi connectivity index (χ3n) is 6.71. The monoisotopic (exact) mass is 408 g/mol. The minimum absolute atomic E-state index is 0.992. The summed E-state index contributed by atoms with van der Waals surface area (Å²) < 4.78 is 0. The molecule has 0 fully saturated rings. The molecule has 4 aromatic rings. The Morgan fingerprint density at radius 1 is 0.552 bits per heavy atom. The molecule has 2 aliphatic rings. The summed E-state index contributed by atoms with van der Waals surface area (Å²) in [4.78, 5) is 0. The van der Waals surface area contributed by atoms with Crippen molar-refractivity contribution in [2.24, 2.45) is 0 Å². The van der Waals surface area contributed by atoms with E-state index in [0.29, 0.717) is 0 Å². The van der Waals surface area contributed by atoms with E-state index in [1.54, 1.807) is 0 Å². The molecule has 4 aromatic carbocycles. The van der Waals surface area contributed by atoms with Crippen LogP contribution in [0.5, 0.6) is 0 Å². The molecule has 0 nitrogen and oxygen atoms in total. The van der Waals surface area contributed by atoms with Crippen LogP contribution in [0.1, 0.15) is 22.3 Å². The molecule has 0 amide bonds. The molecule has 0 saturated heterocycles. The van der Waals surface area contributed by atoms with Gasteiger partial charge in [0, 0.05) is 0 Å². The molecule has 0 aliphatic heterocycles. The highest BCUT2D eigenvalue weighted by molar-refractivity contribution is 7.33. The molecule has 2 aliphatic carbocycles. The summed E-state index contributed by atoms with van der Waals surface area (Å²) in [6.45, 7) is 2.31. The molecular weight excluding hydrogens is 388 g/mol. The van der Waals surface area contributed by atoms with Gasteiger partial charge in [-0.15, -0.1) is 0 Å². The van der Waals surface area contributed by atoms with Crippen molar-refractivity contribution in [1.82, 2.24) is 0 Å². The standard InChI is InChI=1S/C27H21ClSi/c1-29(28,26-14-6-12-22-20-10-4-2-8-18(20)16-24(22)26)27-15-7-13-23-21-11-5-3-9-19(21)17-25(23)27/h2-15H,16-17H2,1H3. The zero-order valence-electron chi connectivity index (χ0n) is 16.4. The van der Waals surface area contributed by atoms with Crippen molar-refractivity contribution in [1.29, 1.82) is 0 Å². The minimum Gasteiger partial charge on any atom is -0.155 e. The second kappa shape index (κ2) is 6.19. The average molecular weight is 409 g/mol. The first kappa shape index (κ1) is 17.3. The van der Waals surface area contributed by atoms with E-state index < -0.39 is 7.38 Å². The summed E-state index contributed by atoms with van der Waals surface area (Å²) in [5.41, 5.74) is 11.2. The first-order valence-electron chi connectivity index (χ1n) is 10.2. The van der Waals surface area contributed by atoms with Gasteiger partial charge in [0.25, 0.3) is 0 Å². The van der Waals surface area contributed by atoms with E-state index in [4.69, 9.17) is 11.1 Å². The topological polar surface area (TPSA) is 0 Å². The maximum atomic E-state index is 7.58. The zero-order valence-corrected chi connectivity index (χ0v) is 18.1. The van der Waals surface area contributed by atoms with Crippen LogP contribution in [0.15, 0.2) is 84.9 Å². The van der Waals surface area contributed by atoms with Gasteiger partial charge in [-0.3, -0.25) is 0 Å². The molecule has 0 bridgehead atoms. The van der Waals surface area contributed by atoms with Crippen molar-refractivity contribution < 1.29 is 0 Å². The molecule has 140 valence electrons. The first-order valence-corrected chi connectivity index (χ1v) is 13.8. The first-order chi connectivity index (χ1) is 14.1. The Kier molecular flexibility index (Phi) is 3.68. The van der Waals surface area contributed by atoms with Gasteiger partial charge in [0.2, 0.25) is 7.38 Å². The van der Waals surface area contributed by atoms with E-state index in [2.05, 4.69) is 91.5 Å². The van der Waals surface area contributed by atoms with Gasteiger partial charge in [-0.1, -0.05) is 84.9 Å². The van der Waals surface area contributed by atoms with Gasteiger partial charge >= 0.3 is 0 Å². The predicted molar refractivity (Wildman–Crippen MR) is 126 cm³/mol. The van der Waals surface area contributed by atoms with Gasteiger partial charge in [-0.2, -0.15) is 11.1 Å². The van der Waals surface area contributed by atoms with Gasteiger partial charge < -0.3 is 0 Å². The van der Waals surface area contributed by atoms with E-state index in [0.717, 1.165) is 12.8 Å². The summed E-state index contributed by atoms with van der Waals surface area (Å²) in [6.07, 6.45) is 1.98. The number of hydrogen-bond acceptors (Lipinski definition) is 0. The summed E-state index contributed by atoms with van der Waals surface area (Å²) in [5, 5.41) is 2.74. The van der Waals surface area contributed by atoms with Crippen molar-refractivity contribution >= 4 is 28.8 Å². The Hall–Kier alpha value is -2.61. The highest BCUT2D eigenvalue weighted by Crippen LogP contribution is 2.39. The van der Waals surface area contributed by atoms with Gasteiger partial charge in [-0.25, -0.2) is 0 Å². The van der Waals surface area contributed by atoms with Gasteiger partial charge in [0.15, 0.2) is 0 Å². The fourth-order valence-electron chi connectivity index (χ4n) is 5.34. The van der Waals surface area contributed by atoms with Gasteiger partial charge in [-0.05, 0) is 74.3 Å². The van der Waals surface area contributed by atoms with Crippen molar-refractivity contribution in [2.75, 3.05) is 0 Å². The molecule has 0 unspecified atom stereocenters. The van der Waals surface area contributed by atoms with Crippen LogP contribution in [0.4, 0.5) is 0 Å². The van der Waals surface area contributed by atoms with Crippen molar-refractivity contribution in [3.05, 3.63) is 107 Å². The number of rotatable bonds is 2. The van der Waals surface area contributed by atoms with E-state index >= 15 is 0 Å². The van der Waals surface area contributed by atoms with Crippen LogP contribution in [-0.4, -0.2) is 7.38 Å². The predicted octanol–water partition coefficient (Wildman–Crippen LogP) is 5.76.